The molecular weight excluding hydrogens is 462 g/mol. The Labute approximate surface area is 207 Å². The van der Waals surface area contributed by atoms with Crippen molar-refractivity contribution in [1.29, 1.82) is 0 Å². The number of hydrogen-bond acceptors (Lipinski definition) is 6. The first-order valence-corrected chi connectivity index (χ1v) is 11.9. The van der Waals surface area contributed by atoms with Crippen molar-refractivity contribution in [2.75, 3.05) is 24.5 Å². The number of carboxylic acids is 2. The number of benzene rings is 1. The van der Waals surface area contributed by atoms with E-state index in [9.17, 15) is 19.5 Å². The number of anilines is 1. The molecule has 1 amide bonds. The maximum absolute atomic E-state index is 13.5. The van der Waals surface area contributed by atoms with Gasteiger partial charge in [-0.15, -0.1) is 0 Å². The Hall–Kier alpha value is -4.05. The van der Waals surface area contributed by atoms with Crippen LogP contribution in [0.4, 0.5) is 5.69 Å². The van der Waals surface area contributed by atoms with Crippen LogP contribution < -0.4 is 4.90 Å². The Morgan fingerprint density at radius 3 is 2.19 bits per heavy atom. The van der Waals surface area contributed by atoms with Crippen LogP contribution in [-0.2, 0) is 18.4 Å². The molecule has 10 heteroatoms. The minimum absolute atomic E-state index is 0.132. The number of rotatable bonds is 6. The molecule has 0 aliphatic carbocycles. The SMILES string of the molecule is Cn1c(C(=O)O)cnc1CN1CCC2(CC1)CCN(c1ccc(-c3ccc(C(=O)O)cc3)nc1)C2=O. The number of pyridine rings is 1. The summed E-state index contributed by atoms with van der Waals surface area (Å²) in [6, 6.07) is 10.3. The fourth-order valence-electron chi connectivity index (χ4n) is 5.16. The molecule has 2 aliphatic rings. The van der Waals surface area contributed by atoms with Crippen molar-refractivity contribution < 1.29 is 24.6 Å². The molecule has 36 heavy (non-hydrogen) atoms. The molecule has 1 aromatic carbocycles. The molecule has 3 aromatic rings. The van der Waals surface area contributed by atoms with Gasteiger partial charge in [-0.25, -0.2) is 14.6 Å². The van der Waals surface area contributed by atoms with E-state index in [1.54, 1.807) is 42.1 Å². The Kier molecular flexibility index (Phi) is 6.05. The van der Waals surface area contributed by atoms with Crippen LogP contribution in [-0.4, -0.2) is 67.1 Å². The van der Waals surface area contributed by atoms with Crippen molar-refractivity contribution in [3.8, 4) is 11.3 Å². The number of likely N-dealkylation sites (tertiary alicyclic amines) is 1. The lowest BCUT2D eigenvalue weighted by Gasteiger charge is -2.37. The monoisotopic (exact) mass is 489 g/mol. The molecule has 0 bridgehead atoms. The van der Waals surface area contributed by atoms with Crippen LogP contribution in [0.25, 0.3) is 11.3 Å². The number of nitrogens with zero attached hydrogens (tertiary/aromatic N) is 5. The Balaban J connectivity index is 1.22. The van der Waals surface area contributed by atoms with Crippen LogP contribution >= 0.6 is 0 Å². The number of carbonyl (C=O) groups is 3. The predicted octanol–water partition coefficient (Wildman–Crippen LogP) is 2.90. The van der Waals surface area contributed by atoms with E-state index in [0.717, 1.165) is 43.6 Å². The fourth-order valence-corrected chi connectivity index (χ4v) is 5.16. The van der Waals surface area contributed by atoms with Crippen LogP contribution in [0.2, 0.25) is 0 Å². The van der Waals surface area contributed by atoms with Gasteiger partial charge in [0.05, 0.1) is 41.3 Å². The van der Waals surface area contributed by atoms with E-state index in [-0.39, 0.29) is 22.6 Å². The van der Waals surface area contributed by atoms with E-state index < -0.39 is 11.9 Å². The molecule has 2 saturated heterocycles. The van der Waals surface area contributed by atoms with Gasteiger partial charge in [0.15, 0.2) is 0 Å². The van der Waals surface area contributed by atoms with Crippen LogP contribution in [0.5, 0.6) is 0 Å². The quantitative estimate of drug-likeness (QED) is 0.541. The van der Waals surface area contributed by atoms with Crippen molar-refractivity contribution in [1.82, 2.24) is 19.4 Å². The average molecular weight is 490 g/mol. The number of amides is 1. The van der Waals surface area contributed by atoms with Gasteiger partial charge in [-0.2, -0.15) is 0 Å². The van der Waals surface area contributed by atoms with E-state index in [1.807, 2.05) is 17.0 Å². The molecule has 2 fully saturated rings. The highest BCUT2D eigenvalue weighted by molar-refractivity contribution is 6.00. The minimum atomic E-state index is -0.996. The highest BCUT2D eigenvalue weighted by Crippen LogP contribution is 2.43. The summed E-state index contributed by atoms with van der Waals surface area (Å²) in [7, 11) is 1.71. The fraction of sp³-hybridized carbons (Fsp3) is 0.346. The maximum Gasteiger partial charge on any atom is 0.354 e. The second-order valence-corrected chi connectivity index (χ2v) is 9.47. The molecule has 2 aromatic heterocycles. The van der Waals surface area contributed by atoms with Gasteiger partial charge in [-0.3, -0.25) is 14.7 Å². The van der Waals surface area contributed by atoms with Gasteiger partial charge in [-0.05, 0) is 56.6 Å². The predicted molar refractivity (Wildman–Crippen MR) is 131 cm³/mol. The smallest absolute Gasteiger partial charge is 0.354 e. The van der Waals surface area contributed by atoms with Crippen LogP contribution in [0.3, 0.4) is 0 Å². The molecule has 2 N–H and O–H groups in total. The van der Waals surface area contributed by atoms with Crippen molar-refractivity contribution in [2.24, 2.45) is 12.5 Å². The highest BCUT2D eigenvalue weighted by Gasteiger charge is 2.48. The van der Waals surface area contributed by atoms with Crippen LogP contribution in [0.1, 0.15) is 45.9 Å². The lowest BCUT2D eigenvalue weighted by Crippen LogP contribution is -2.44. The summed E-state index contributed by atoms with van der Waals surface area (Å²) in [5.41, 5.74) is 2.29. The molecule has 2 aliphatic heterocycles. The maximum atomic E-state index is 13.5. The molecule has 4 heterocycles. The molecule has 0 unspecified atom stereocenters. The lowest BCUT2D eigenvalue weighted by molar-refractivity contribution is -0.128. The third-order valence-electron chi connectivity index (χ3n) is 7.48. The van der Waals surface area contributed by atoms with E-state index in [4.69, 9.17) is 5.11 Å². The highest BCUT2D eigenvalue weighted by atomic mass is 16.4. The van der Waals surface area contributed by atoms with Crippen molar-refractivity contribution in [3.05, 3.63) is 65.9 Å². The Morgan fingerprint density at radius 2 is 1.61 bits per heavy atom. The van der Waals surface area contributed by atoms with Gasteiger partial charge in [0.1, 0.15) is 11.5 Å². The minimum Gasteiger partial charge on any atom is -0.478 e. The molecule has 0 saturated carbocycles. The van der Waals surface area contributed by atoms with Crippen molar-refractivity contribution >= 4 is 23.5 Å². The number of carboxylic acid groups (broad SMARTS) is 2. The summed E-state index contributed by atoms with van der Waals surface area (Å²) >= 11 is 0. The summed E-state index contributed by atoms with van der Waals surface area (Å²) < 4.78 is 1.60. The second-order valence-electron chi connectivity index (χ2n) is 9.47. The standard InChI is InChI=1S/C26H27N5O5/c1-29-21(24(34)35)15-28-22(29)16-30-11-8-26(9-12-30)10-13-31(25(26)36)19-6-7-20(27-14-19)17-2-4-18(5-3-17)23(32)33/h2-7,14-15H,8-13,16H2,1H3,(H,32,33)(H,34,35). The molecule has 5 rings (SSSR count). The summed E-state index contributed by atoms with van der Waals surface area (Å²) in [5.74, 6) is -1.13. The third-order valence-corrected chi connectivity index (χ3v) is 7.48. The van der Waals surface area contributed by atoms with Crippen LogP contribution in [0, 0.1) is 5.41 Å². The first-order valence-electron chi connectivity index (χ1n) is 11.9. The topological polar surface area (TPSA) is 129 Å². The van der Waals surface area contributed by atoms with Gasteiger partial charge in [-0.1, -0.05) is 12.1 Å². The molecular formula is C26H27N5O5. The Morgan fingerprint density at radius 1 is 0.917 bits per heavy atom. The first kappa shape index (κ1) is 23.7. The van der Waals surface area contributed by atoms with E-state index >= 15 is 0 Å². The van der Waals surface area contributed by atoms with Gasteiger partial charge >= 0.3 is 11.9 Å². The lowest BCUT2D eigenvalue weighted by atomic mass is 9.77. The molecule has 10 nitrogen and oxygen atoms in total. The number of piperidine rings is 1. The summed E-state index contributed by atoms with van der Waals surface area (Å²) in [4.78, 5) is 48.6. The largest absolute Gasteiger partial charge is 0.478 e. The van der Waals surface area contributed by atoms with Gasteiger partial charge in [0, 0.05) is 19.2 Å². The number of imidazole rings is 1. The number of carbonyl (C=O) groups excluding carboxylic acids is 1. The number of hydrogen-bond donors (Lipinski definition) is 2. The van der Waals surface area contributed by atoms with Gasteiger partial charge in [0.25, 0.3) is 0 Å². The molecule has 0 radical (unpaired) electrons. The van der Waals surface area contributed by atoms with Crippen molar-refractivity contribution in [2.45, 2.75) is 25.8 Å². The normalized spacial score (nSPS) is 17.6. The van der Waals surface area contributed by atoms with E-state index in [2.05, 4.69) is 14.9 Å². The third kappa shape index (κ3) is 4.24. The Bertz CT molecular complexity index is 1310. The summed E-state index contributed by atoms with van der Waals surface area (Å²) in [6.45, 7) is 2.70. The van der Waals surface area contributed by atoms with Gasteiger partial charge < -0.3 is 19.7 Å². The zero-order valence-corrected chi connectivity index (χ0v) is 19.9. The average Bonchev–Trinajstić information content (AvgIpc) is 3.40. The first-order chi connectivity index (χ1) is 17.3. The van der Waals surface area contributed by atoms with E-state index in [0.29, 0.717) is 24.6 Å². The molecule has 1 spiro atoms. The van der Waals surface area contributed by atoms with Gasteiger partial charge in [0.2, 0.25) is 5.91 Å². The van der Waals surface area contributed by atoms with Crippen molar-refractivity contribution in [3.63, 3.8) is 0 Å². The number of aromatic nitrogens is 3. The van der Waals surface area contributed by atoms with Crippen LogP contribution in [0.15, 0.2) is 48.8 Å². The zero-order valence-electron chi connectivity index (χ0n) is 19.9. The summed E-state index contributed by atoms with van der Waals surface area (Å²) in [5, 5.41) is 18.3. The van der Waals surface area contributed by atoms with E-state index in [1.165, 1.54) is 6.20 Å². The zero-order chi connectivity index (χ0) is 25.4. The summed E-state index contributed by atoms with van der Waals surface area (Å²) in [6.07, 6.45) is 5.38. The number of aromatic carboxylic acids is 2. The molecule has 0 atom stereocenters. The molecule has 186 valence electrons. The second kappa shape index (κ2) is 9.19.